The quantitative estimate of drug-likeness (QED) is 0.567. The Morgan fingerprint density at radius 2 is 2.00 bits per heavy atom. The zero-order valence-corrected chi connectivity index (χ0v) is 9.61. The van der Waals surface area contributed by atoms with Gasteiger partial charge in [0, 0.05) is 31.1 Å². The van der Waals surface area contributed by atoms with Crippen LogP contribution in [0.15, 0.2) is 12.2 Å². The van der Waals surface area contributed by atoms with Crippen LogP contribution in [0.4, 0.5) is 0 Å². The molecule has 1 amide bonds. The molecule has 4 nitrogen and oxygen atoms in total. The Kier molecular flexibility index (Phi) is 3.96. The third-order valence-corrected chi connectivity index (χ3v) is 3.14. The van der Waals surface area contributed by atoms with Crippen LogP contribution in [0.5, 0.6) is 0 Å². The minimum absolute atomic E-state index is 0.114. The van der Waals surface area contributed by atoms with Crippen LogP contribution in [0.1, 0.15) is 32.1 Å². The molecule has 2 rings (SSSR count). The lowest BCUT2D eigenvalue weighted by Gasteiger charge is -2.21. The lowest BCUT2D eigenvalue weighted by atomic mass is 10.1. The second-order valence-electron chi connectivity index (χ2n) is 4.78. The summed E-state index contributed by atoms with van der Waals surface area (Å²) in [7, 11) is 0. The highest BCUT2D eigenvalue weighted by Crippen LogP contribution is 2.18. The predicted molar refractivity (Wildman–Crippen MR) is 63.9 cm³/mol. The second-order valence-corrected chi connectivity index (χ2v) is 4.78. The van der Waals surface area contributed by atoms with E-state index >= 15 is 0 Å². The monoisotopic (exact) mass is 223 g/mol. The van der Waals surface area contributed by atoms with Gasteiger partial charge in [-0.05, 0) is 25.7 Å². The molecular weight excluding hydrogens is 202 g/mol. The zero-order valence-electron chi connectivity index (χ0n) is 9.61. The van der Waals surface area contributed by atoms with E-state index in [-0.39, 0.29) is 11.9 Å². The first-order chi connectivity index (χ1) is 7.78. The smallest absolute Gasteiger partial charge is 0.221 e. The fraction of sp³-hybridized carbons (Fsp3) is 0.750. The van der Waals surface area contributed by atoms with Crippen LogP contribution in [0.25, 0.3) is 0 Å². The molecule has 1 atom stereocenters. The lowest BCUT2D eigenvalue weighted by Crippen LogP contribution is -2.45. The third-order valence-electron chi connectivity index (χ3n) is 3.14. The van der Waals surface area contributed by atoms with E-state index in [1.54, 1.807) is 0 Å². The number of nitrogens with two attached hydrogens (primary N) is 1. The number of carbonyl (C=O) groups excluding carboxylic acids is 1. The van der Waals surface area contributed by atoms with Crippen LogP contribution in [0.2, 0.25) is 0 Å². The third kappa shape index (κ3) is 3.61. The first kappa shape index (κ1) is 11.6. The molecule has 2 aliphatic rings. The van der Waals surface area contributed by atoms with E-state index in [4.69, 9.17) is 5.73 Å². The Hall–Kier alpha value is -0.870. The van der Waals surface area contributed by atoms with Crippen molar-refractivity contribution >= 4 is 5.91 Å². The van der Waals surface area contributed by atoms with Crippen LogP contribution < -0.4 is 16.4 Å². The maximum absolute atomic E-state index is 11.6. The average molecular weight is 223 g/mol. The molecule has 0 saturated heterocycles. The van der Waals surface area contributed by atoms with E-state index in [1.807, 2.05) is 0 Å². The van der Waals surface area contributed by atoms with Crippen LogP contribution in [-0.4, -0.2) is 30.6 Å². The molecule has 0 aromatic heterocycles. The van der Waals surface area contributed by atoms with E-state index in [9.17, 15) is 4.79 Å². The van der Waals surface area contributed by atoms with Gasteiger partial charge in [-0.1, -0.05) is 12.2 Å². The summed E-state index contributed by atoms with van der Waals surface area (Å²) in [5.74, 6) is 0.136. The van der Waals surface area contributed by atoms with E-state index < -0.39 is 0 Å². The first-order valence-electron chi connectivity index (χ1n) is 6.18. The second kappa shape index (κ2) is 5.46. The van der Waals surface area contributed by atoms with Crippen molar-refractivity contribution in [3.8, 4) is 0 Å². The number of hydrogen-bond acceptors (Lipinski definition) is 3. The molecule has 0 aliphatic heterocycles. The Morgan fingerprint density at radius 3 is 2.56 bits per heavy atom. The number of hydrogen-bond donors (Lipinski definition) is 3. The van der Waals surface area contributed by atoms with Gasteiger partial charge in [0.15, 0.2) is 0 Å². The number of amides is 1. The van der Waals surface area contributed by atoms with Gasteiger partial charge in [0.05, 0.1) is 0 Å². The molecule has 0 aromatic rings. The Bertz CT molecular complexity index is 265. The molecule has 16 heavy (non-hydrogen) atoms. The van der Waals surface area contributed by atoms with E-state index in [0.717, 1.165) is 25.7 Å². The molecule has 0 spiro atoms. The molecule has 1 unspecified atom stereocenters. The van der Waals surface area contributed by atoms with Crippen molar-refractivity contribution in [1.82, 2.24) is 10.6 Å². The average Bonchev–Trinajstić information content (AvgIpc) is 2.92. The summed E-state index contributed by atoms with van der Waals surface area (Å²) in [6.45, 7) is 0.522. The van der Waals surface area contributed by atoms with Gasteiger partial charge in [-0.15, -0.1) is 0 Å². The topological polar surface area (TPSA) is 67.2 Å². The molecule has 1 fully saturated rings. The lowest BCUT2D eigenvalue weighted by molar-refractivity contribution is -0.121. The molecule has 1 saturated carbocycles. The van der Waals surface area contributed by atoms with Crippen LogP contribution in [0.3, 0.4) is 0 Å². The predicted octanol–water partition coefficient (Wildman–Crippen LogP) is 0.291. The Morgan fingerprint density at radius 1 is 1.31 bits per heavy atom. The summed E-state index contributed by atoms with van der Waals surface area (Å²) in [6.07, 6.45) is 9.24. The molecule has 4 N–H and O–H groups in total. The van der Waals surface area contributed by atoms with Crippen molar-refractivity contribution in [2.75, 3.05) is 6.54 Å². The number of nitrogens with one attached hydrogen (secondary N) is 2. The maximum atomic E-state index is 11.6. The molecule has 0 bridgehead atoms. The van der Waals surface area contributed by atoms with Gasteiger partial charge in [-0.3, -0.25) is 4.79 Å². The highest BCUT2D eigenvalue weighted by Gasteiger charge is 2.25. The normalized spacial score (nSPS) is 22.3. The fourth-order valence-electron chi connectivity index (χ4n) is 2.03. The van der Waals surface area contributed by atoms with Crippen molar-refractivity contribution < 1.29 is 4.79 Å². The number of rotatable bonds is 6. The summed E-state index contributed by atoms with van der Waals surface area (Å²) < 4.78 is 0. The van der Waals surface area contributed by atoms with Crippen LogP contribution >= 0.6 is 0 Å². The van der Waals surface area contributed by atoms with Crippen molar-refractivity contribution in [2.24, 2.45) is 5.73 Å². The Labute approximate surface area is 96.7 Å². The minimum Gasteiger partial charge on any atom is -0.353 e. The molecule has 90 valence electrons. The zero-order chi connectivity index (χ0) is 11.4. The van der Waals surface area contributed by atoms with Crippen molar-refractivity contribution in [2.45, 2.75) is 50.2 Å². The molecule has 0 heterocycles. The summed E-state index contributed by atoms with van der Waals surface area (Å²) in [4.78, 5) is 11.6. The highest BCUT2D eigenvalue weighted by atomic mass is 16.1. The molecule has 0 radical (unpaired) electrons. The Balaban J connectivity index is 1.68. The molecule has 4 heteroatoms. The van der Waals surface area contributed by atoms with Gasteiger partial charge in [0.2, 0.25) is 5.91 Å². The largest absolute Gasteiger partial charge is 0.353 e. The standard InChI is InChI=1S/C12H21N3O/c13-8-11(14-9-3-1-2-4-9)7-12(16)15-10-5-6-10/h1-2,9-11,14H,3-8,13H2,(H,15,16). The van der Waals surface area contributed by atoms with E-state index in [1.165, 1.54) is 0 Å². The van der Waals surface area contributed by atoms with E-state index in [0.29, 0.717) is 25.0 Å². The minimum atomic E-state index is 0.114. The SMILES string of the molecule is NCC(CC(=O)NC1CC1)NC1CC=CC1. The molecule has 2 aliphatic carbocycles. The van der Waals surface area contributed by atoms with Gasteiger partial charge in [-0.25, -0.2) is 0 Å². The van der Waals surface area contributed by atoms with Gasteiger partial charge >= 0.3 is 0 Å². The van der Waals surface area contributed by atoms with E-state index in [2.05, 4.69) is 22.8 Å². The van der Waals surface area contributed by atoms with Crippen molar-refractivity contribution in [3.63, 3.8) is 0 Å². The summed E-state index contributed by atoms with van der Waals surface area (Å²) in [5.41, 5.74) is 5.68. The van der Waals surface area contributed by atoms with Gasteiger partial charge in [0.1, 0.15) is 0 Å². The molecular formula is C12H21N3O. The fourth-order valence-corrected chi connectivity index (χ4v) is 2.03. The summed E-state index contributed by atoms with van der Waals surface area (Å²) >= 11 is 0. The molecule has 0 aromatic carbocycles. The van der Waals surface area contributed by atoms with Crippen molar-refractivity contribution in [3.05, 3.63) is 12.2 Å². The van der Waals surface area contributed by atoms with Gasteiger partial charge in [-0.2, -0.15) is 0 Å². The van der Waals surface area contributed by atoms with Crippen LogP contribution in [-0.2, 0) is 4.79 Å². The maximum Gasteiger partial charge on any atom is 0.221 e. The highest BCUT2D eigenvalue weighted by molar-refractivity contribution is 5.77. The van der Waals surface area contributed by atoms with Gasteiger partial charge < -0.3 is 16.4 Å². The van der Waals surface area contributed by atoms with Crippen LogP contribution in [0, 0.1) is 0 Å². The first-order valence-corrected chi connectivity index (χ1v) is 6.18. The van der Waals surface area contributed by atoms with Crippen molar-refractivity contribution in [1.29, 1.82) is 0 Å². The summed E-state index contributed by atoms with van der Waals surface area (Å²) in [6, 6.07) is 1.03. The number of carbonyl (C=O) groups is 1. The van der Waals surface area contributed by atoms with Gasteiger partial charge in [0.25, 0.3) is 0 Å². The summed E-state index contributed by atoms with van der Waals surface area (Å²) in [5, 5.41) is 6.44.